The van der Waals surface area contributed by atoms with Gasteiger partial charge in [0.15, 0.2) is 0 Å². The van der Waals surface area contributed by atoms with Crippen LogP contribution >= 0.6 is 0 Å². The predicted octanol–water partition coefficient (Wildman–Crippen LogP) is 7.33. The lowest BCUT2D eigenvalue weighted by Gasteiger charge is -2.03. The molecule has 0 aromatic heterocycles. The van der Waals surface area contributed by atoms with Gasteiger partial charge in [-0.1, -0.05) is 116 Å². The van der Waals surface area contributed by atoms with E-state index in [9.17, 15) is 9.59 Å². The van der Waals surface area contributed by atoms with Crippen LogP contribution in [0.4, 0.5) is 0 Å². The normalized spacial score (nSPS) is 10.9. The van der Waals surface area contributed by atoms with Crippen molar-refractivity contribution in [2.75, 3.05) is 0 Å². The molecule has 0 aromatic rings. The van der Waals surface area contributed by atoms with Crippen molar-refractivity contribution in [3.63, 3.8) is 0 Å². The SMILES string of the molecule is C=CC(N)=O.CCCCCCCCCCCCCCCCCCC=C(C)C(=O)O. The molecule has 29 heavy (non-hydrogen) atoms. The number of rotatable bonds is 19. The first-order chi connectivity index (χ1) is 14.0. The van der Waals surface area contributed by atoms with E-state index in [0.717, 1.165) is 18.9 Å². The summed E-state index contributed by atoms with van der Waals surface area (Å²) in [5.74, 6) is -1.27. The Morgan fingerprint density at radius 3 is 1.34 bits per heavy atom. The van der Waals surface area contributed by atoms with E-state index < -0.39 is 11.9 Å². The first-order valence-corrected chi connectivity index (χ1v) is 11.8. The van der Waals surface area contributed by atoms with E-state index in [4.69, 9.17) is 5.11 Å². The molecule has 4 heteroatoms. The second-order valence-electron chi connectivity index (χ2n) is 7.89. The summed E-state index contributed by atoms with van der Waals surface area (Å²) in [7, 11) is 0. The van der Waals surface area contributed by atoms with Gasteiger partial charge in [0.25, 0.3) is 0 Å². The van der Waals surface area contributed by atoms with Gasteiger partial charge in [0, 0.05) is 5.57 Å². The van der Waals surface area contributed by atoms with Gasteiger partial charge in [-0.25, -0.2) is 4.79 Å². The smallest absolute Gasteiger partial charge is 0.330 e. The van der Waals surface area contributed by atoms with E-state index in [1.807, 2.05) is 6.08 Å². The zero-order valence-electron chi connectivity index (χ0n) is 19.2. The minimum Gasteiger partial charge on any atom is -0.478 e. The summed E-state index contributed by atoms with van der Waals surface area (Å²) in [6.07, 6.45) is 25.9. The summed E-state index contributed by atoms with van der Waals surface area (Å²) in [4.78, 5) is 20.1. The highest BCUT2D eigenvalue weighted by atomic mass is 16.4. The Balaban J connectivity index is 0. The Morgan fingerprint density at radius 2 is 1.07 bits per heavy atom. The van der Waals surface area contributed by atoms with Gasteiger partial charge in [-0.15, -0.1) is 0 Å². The molecule has 0 heterocycles. The molecule has 0 radical (unpaired) electrons. The molecule has 0 aliphatic rings. The predicted molar refractivity (Wildman–Crippen MR) is 125 cm³/mol. The van der Waals surface area contributed by atoms with E-state index in [0.29, 0.717) is 5.57 Å². The molecule has 0 aliphatic carbocycles. The molecule has 0 saturated heterocycles. The zero-order chi connectivity index (χ0) is 22.2. The number of hydrogen-bond donors (Lipinski definition) is 2. The minimum absolute atomic E-state index is 0.481. The highest BCUT2D eigenvalue weighted by molar-refractivity contribution is 5.85. The molecule has 0 atom stereocenters. The van der Waals surface area contributed by atoms with E-state index in [1.54, 1.807) is 6.92 Å². The maximum Gasteiger partial charge on any atom is 0.330 e. The van der Waals surface area contributed by atoms with Gasteiger partial charge in [0.05, 0.1) is 0 Å². The molecule has 0 bridgehead atoms. The topological polar surface area (TPSA) is 80.4 Å². The van der Waals surface area contributed by atoms with Crippen molar-refractivity contribution in [2.45, 2.75) is 123 Å². The van der Waals surface area contributed by atoms with Gasteiger partial charge in [0.2, 0.25) is 5.91 Å². The number of carbonyl (C=O) groups is 2. The number of hydrogen-bond acceptors (Lipinski definition) is 2. The van der Waals surface area contributed by atoms with Crippen molar-refractivity contribution in [3.05, 3.63) is 24.3 Å². The fraction of sp³-hybridized carbons (Fsp3) is 0.760. The Labute approximate surface area is 180 Å². The molecule has 0 spiro atoms. The third kappa shape index (κ3) is 28.7. The summed E-state index contributed by atoms with van der Waals surface area (Å²) >= 11 is 0. The van der Waals surface area contributed by atoms with E-state index in [1.165, 1.54) is 96.3 Å². The summed E-state index contributed by atoms with van der Waals surface area (Å²) in [5, 5.41) is 8.75. The van der Waals surface area contributed by atoms with Crippen molar-refractivity contribution in [1.29, 1.82) is 0 Å². The van der Waals surface area contributed by atoms with E-state index in [2.05, 4.69) is 19.2 Å². The summed E-state index contributed by atoms with van der Waals surface area (Å²) in [6.45, 7) is 7.04. The van der Waals surface area contributed by atoms with Crippen LogP contribution in [0, 0.1) is 0 Å². The Bertz CT molecular complexity index is 430. The summed E-state index contributed by atoms with van der Waals surface area (Å²) in [6, 6.07) is 0. The first-order valence-electron chi connectivity index (χ1n) is 11.8. The van der Waals surface area contributed by atoms with Crippen LogP contribution in [0.2, 0.25) is 0 Å². The third-order valence-electron chi connectivity index (χ3n) is 5.05. The number of aliphatic carboxylic acids is 1. The van der Waals surface area contributed by atoms with E-state index in [-0.39, 0.29) is 0 Å². The molecular weight excluding hydrogens is 362 g/mol. The molecule has 1 amide bonds. The number of carbonyl (C=O) groups excluding carboxylic acids is 1. The number of carboxylic acids is 1. The number of carboxylic acid groups (broad SMARTS) is 1. The lowest BCUT2D eigenvalue weighted by molar-refractivity contribution is -0.132. The largest absolute Gasteiger partial charge is 0.478 e. The third-order valence-corrected chi connectivity index (χ3v) is 5.05. The van der Waals surface area contributed by atoms with Gasteiger partial charge in [-0.05, 0) is 25.8 Å². The van der Waals surface area contributed by atoms with Crippen molar-refractivity contribution in [3.8, 4) is 0 Å². The van der Waals surface area contributed by atoms with Crippen molar-refractivity contribution >= 4 is 11.9 Å². The molecule has 0 fully saturated rings. The lowest BCUT2D eigenvalue weighted by atomic mass is 10.0. The molecule has 170 valence electrons. The summed E-state index contributed by atoms with van der Waals surface area (Å²) in [5.41, 5.74) is 5.02. The number of unbranched alkanes of at least 4 members (excludes halogenated alkanes) is 16. The van der Waals surface area contributed by atoms with Crippen LogP contribution in [0.3, 0.4) is 0 Å². The van der Waals surface area contributed by atoms with Crippen LogP contribution in [0.15, 0.2) is 24.3 Å². The standard InChI is InChI=1S/C22H42O2.C3H5NO/c1-3-4-5-6-7-8-9-10-11-12-13-14-15-16-17-18-19-20-21(2)22(23)24;1-2-3(4)5/h20H,3-19H2,1-2H3,(H,23,24);2H,1H2,(H2,4,5). The average molecular weight is 410 g/mol. The Kier molecular flexibility index (Phi) is 25.0. The lowest BCUT2D eigenvalue weighted by Crippen LogP contribution is -2.04. The second kappa shape index (κ2) is 24.5. The molecule has 0 saturated carbocycles. The maximum atomic E-state index is 10.6. The quantitative estimate of drug-likeness (QED) is 0.173. The highest BCUT2D eigenvalue weighted by Crippen LogP contribution is 2.14. The second-order valence-corrected chi connectivity index (χ2v) is 7.89. The van der Waals surface area contributed by atoms with E-state index >= 15 is 0 Å². The van der Waals surface area contributed by atoms with Gasteiger partial charge >= 0.3 is 5.97 Å². The van der Waals surface area contributed by atoms with Crippen molar-refractivity contribution in [1.82, 2.24) is 0 Å². The highest BCUT2D eigenvalue weighted by Gasteiger charge is 1.98. The van der Waals surface area contributed by atoms with Crippen LogP contribution in [0.1, 0.15) is 123 Å². The fourth-order valence-electron chi connectivity index (χ4n) is 3.10. The van der Waals surface area contributed by atoms with Crippen LogP contribution in [-0.4, -0.2) is 17.0 Å². The molecule has 0 aromatic carbocycles. The van der Waals surface area contributed by atoms with Gasteiger partial charge in [-0.3, -0.25) is 4.79 Å². The number of amides is 1. The van der Waals surface area contributed by atoms with Crippen molar-refractivity contribution < 1.29 is 14.7 Å². The maximum absolute atomic E-state index is 10.6. The van der Waals surface area contributed by atoms with Crippen LogP contribution < -0.4 is 5.73 Å². The van der Waals surface area contributed by atoms with Gasteiger partial charge in [0.1, 0.15) is 0 Å². The van der Waals surface area contributed by atoms with Crippen molar-refractivity contribution in [2.24, 2.45) is 5.73 Å². The van der Waals surface area contributed by atoms with Gasteiger partial charge < -0.3 is 10.8 Å². The molecule has 0 unspecified atom stereocenters. The average Bonchev–Trinajstić information content (AvgIpc) is 2.70. The number of allylic oxidation sites excluding steroid dienone is 1. The Hall–Kier alpha value is -1.58. The molecular formula is C25H47NO3. The number of primary amides is 1. The van der Waals surface area contributed by atoms with Crippen LogP contribution in [0.25, 0.3) is 0 Å². The van der Waals surface area contributed by atoms with Crippen LogP contribution in [0.5, 0.6) is 0 Å². The zero-order valence-corrected chi connectivity index (χ0v) is 19.2. The van der Waals surface area contributed by atoms with Crippen LogP contribution in [-0.2, 0) is 9.59 Å². The van der Waals surface area contributed by atoms with Gasteiger partial charge in [-0.2, -0.15) is 0 Å². The first kappa shape index (κ1) is 29.6. The minimum atomic E-state index is -0.786. The fourth-order valence-corrected chi connectivity index (χ4v) is 3.10. The molecule has 3 N–H and O–H groups in total. The monoisotopic (exact) mass is 409 g/mol. The molecule has 0 aliphatic heterocycles. The molecule has 4 nitrogen and oxygen atoms in total. The summed E-state index contributed by atoms with van der Waals surface area (Å²) < 4.78 is 0. The number of nitrogens with two attached hydrogens (primary N) is 1. The molecule has 0 rings (SSSR count). The Morgan fingerprint density at radius 1 is 0.759 bits per heavy atom.